The van der Waals surface area contributed by atoms with E-state index in [1.807, 2.05) is 38.1 Å². The quantitative estimate of drug-likeness (QED) is 0.751. The number of rotatable bonds is 5. The second-order valence-corrected chi connectivity index (χ2v) is 5.13. The molecule has 1 unspecified atom stereocenters. The Bertz CT molecular complexity index is 404. The zero-order chi connectivity index (χ0) is 13.1. The molecule has 1 aliphatic rings. The van der Waals surface area contributed by atoms with Gasteiger partial charge in [0, 0.05) is 0 Å². The fourth-order valence-electron chi connectivity index (χ4n) is 2.05. The molecule has 0 bridgehead atoms. The molecule has 0 spiro atoms. The van der Waals surface area contributed by atoms with E-state index >= 15 is 0 Å². The van der Waals surface area contributed by atoms with Crippen LogP contribution in [0.3, 0.4) is 0 Å². The van der Waals surface area contributed by atoms with Gasteiger partial charge in [-0.3, -0.25) is 4.79 Å². The Morgan fingerprint density at radius 1 is 1.22 bits per heavy atom. The van der Waals surface area contributed by atoms with Gasteiger partial charge in [0.2, 0.25) is 0 Å². The first-order valence-electron chi connectivity index (χ1n) is 6.46. The third-order valence-corrected chi connectivity index (χ3v) is 3.19. The molecule has 1 aliphatic carbocycles. The topological polar surface area (TPSA) is 35.5 Å². The monoisotopic (exact) mass is 248 g/mol. The molecule has 0 aliphatic heterocycles. The van der Waals surface area contributed by atoms with Gasteiger partial charge < -0.3 is 9.47 Å². The lowest BCUT2D eigenvalue weighted by Crippen LogP contribution is -2.19. The highest BCUT2D eigenvalue weighted by atomic mass is 16.5. The molecular weight excluding hydrogens is 228 g/mol. The third kappa shape index (κ3) is 3.03. The Hall–Kier alpha value is -1.51. The highest BCUT2D eigenvalue weighted by Crippen LogP contribution is 2.30. The maximum atomic E-state index is 11.8. The van der Waals surface area contributed by atoms with Crippen LogP contribution >= 0.6 is 0 Å². The fraction of sp³-hybridized carbons (Fsp3) is 0.533. The number of hydrogen-bond donors (Lipinski definition) is 0. The Kier molecular flexibility index (Phi) is 3.90. The van der Waals surface area contributed by atoms with Crippen molar-refractivity contribution in [3.05, 3.63) is 29.8 Å². The van der Waals surface area contributed by atoms with Crippen LogP contribution in [0.2, 0.25) is 0 Å². The van der Waals surface area contributed by atoms with Crippen molar-refractivity contribution in [1.82, 2.24) is 0 Å². The van der Waals surface area contributed by atoms with Crippen molar-refractivity contribution in [3.63, 3.8) is 0 Å². The summed E-state index contributed by atoms with van der Waals surface area (Å²) in [6.07, 6.45) is 2.70. The van der Waals surface area contributed by atoms with E-state index in [4.69, 9.17) is 9.47 Å². The zero-order valence-corrected chi connectivity index (χ0v) is 11.2. The van der Waals surface area contributed by atoms with Crippen LogP contribution in [0.25, 0.3) is 0 Å². The summed E-state index contributed by atoms with van der Waals surface area (Å²) in [6, 6.07) is 7.79. The Balaban J connectivity index is 2.12. The van der Waals surface area contributed by atoms with Crippen molar-refractivity contribution >= 4 is 5.97 Å². The molecule has 1 atom stereocenters. The Morgan fingerprint density at radius 3 is 2.28 bits per heavy atom. The second-order valence-electron chi connectivity index (χ2n) is 5.13. The minimum Gasteiger partial charge on any atom is -0.490 e. The summed E-state index contributed by atoms with van der Waals surface area (Å²) in [4.78, 5) is 11.8. The number of carbonyl (C=O) groups excluding carboxylic acids is 1. The van der Waals surface area contributed by atoms with Crippen molar-refractivity contribution in [1.29, 1.82) is 0 Å². The van der Waals surface area contributed by atoms with E-state index in [1.165, 1.54) is 7.11 Å². The first kappa shape index (κ1) is 12.9. The van der Waals surface area contributed by atoms with Gasteiger partial charge in [0.15, 0.2) is 0 Å². The summed E-state index contributed by atoms with van der Waals surface area (Å²) in [5.41, 5.74) is 0.986. The van der Waals surface area contributed by atoms with Crippen LogP contribution in [0.5, 0.6) is 5.75 Å². The molecule has 3 heteroatoms. The molecule has 2 rings (SSSR count). The smallest absolute Gasteiger partial charge is 0.313 e. The summed E-state index contributed by atoms with van der Waals surface area (Å²) < 4.78 is 10.6. The third-order valence-electron chi connectivity index (χ3n) is 3.19. The summed E-state index contributed by atoms with van der Waals surface area (Å²) in [7, 11) is 1.43. The number of ether oxygens (including phenoxy) is 2. The van der Waals surface area contributed by atoms with Crippen LogP contribution in [0.4, 0.5) is 0 Å². The average Bonchev–Trinajstić information content (AvgIpc) is 3.15. The SMILES string of the molecule is COC(=O)C(c1ccc(OC2CC2)cc1)C(C)C. The first-order valence-corrected chi connectivity index (χ1v) is 6.46. The lowest BCUT2D eigenvalue weighted by atomic mass is 9.88. The number of esters is 1. The van der Waals surface area contributed by atoms with Gasteiger partial charge in [-0.05, 0) is 36.5 Å². The minimum absolute atomic E-state index is 0.180. The van der Waals surface area contributed by atoms with Gasteiger partial charge >= 0.3 is 5.97 Å². The molecule has 0 amide bonds. The van der Waals surface area contributed by atoms with E-state index in [0.717, 1.165) is 24.2 Å². The molecule has 0 aromatic heterocycles. The fourth-order valence-corrected chi connectivity index (χ4v) is 2.05. The van der Waals surface area contributed by atoms with Crippen LogP contribution in [-0.2, 0) is 9.53 Å². The predicted octanol–water partition coefficient (Wildman–Crippen LogP) is 3.14. The van der Waals surface area contributed by atoms with E-state index in [9.17, 15) is 4.79 Å². The number of methoxy groups -OCH3 is 1. The number of hydrogen-bond acceptors (Lipinski definition) is 3. The maximum Gasteiger partial charge on any atom is 0.313 e. The molecule has 1 saturated carbocycles. The summed E-state index contributed by atoms with van der Waals surface area (Å²) in [6.45, 7) is 4.05. The summed E-state index contributed by atoms with van der Waals surface area (Å²) in [5, 5.41) is 0. The molecule has 1 aromatic rings. The van der Waals surface area contributed by atoms with Gasteiger partial charge in [0.05, 0.1) is 19.1 Å². The zero-order valence-electron chi connectivity index (χ0n) is 11.2. The molecule has 3 nitrogen and oxygen atoms in total. The molecular formula is C15H20O3. The van der Waals surface area contributed by atoms with Gasteiger partial charge in [-0.25, -0.2) is 0 Å². The van der Waals surface area contributed by atoms with E-state index < -0.39 is 0 Å². The molecule has 0 N–H and O–H groups in total. The standard InChI is InChI=1S/C15H20O3/c1-10(2)14(15(16)17-3)11-4-6-12(7-5-11)18-13-8-9-13/h4-7,10,13-14H,8-9H2,1-3H3. The highest BCUT2D eigenvalue weighted by molar-refractivity contribution is 5.78. The van der Waals surface area contributed by atoms with Crippen LogP contribution < -0.4 is 4.74 Å². The van der Waals surface area contributed by atoms with E-state index in [-0.39, 0.29) is 17.8 Å². The minimum atomic E-state index is -0.204. The van der Waals surface area contributed by atoms with Crippen LogP contribution in [0, 0.1) is 5.92 Å². The van der Waals surface area contributed by atoms with Crippen molar-refractivity contribution in [2.45, 2.75) is 38.7 Å². The van der Waals surface area contributed by atoms with Gasteiger partial charge in [-0.15, -0.1) is 0 Å². The van der Waals surface area contributed by atoms with Crippen molar-refractivity contribution < 1.29 is 14.3 Å². The maximum absolute atomic E-state index is 11.8. The second kappa shape index (κ2) is 5.42. The molecule has 1 aromatic carbocycles. The largest absolute Gasteiger partial charge is 0.490 e. The van der Waals surface area contributed by atoms with Crippen LogP contribution in [0.15, 0.2) is 24.3 Å². The van der Waals surface area contributed by atoms with Gasteiger partial charge in [-0.2, -0.15) is 0 Å². The lowest BCUT2D eigenvalue weighted by molar-refractivity contribution is -0.143. The molecule has 0 saturated heterocycles. The molecule has 0 heterocycles. The predicted molar refractivity (Wildman–Crippen MR) is 69.7 cm³/mol. The van der Waals surface area contributed by atoms with E-state index in [1.54, 1.807) is 0 Å². The Labute approximate surface area is 108 Å². The van der Waals surface area contributed by atoms with Crippen molar-refractivity contribution in [3.8, 4) is 5.75 Å². The molecule has 98 valence electrons. The van der Waals surface area contributed by atoms with Crippen LogP contribution in [0.1, 0.15) is 38.2 Å². The van der Waals surface area contributed by atoms with Gasteiger partial charge in [0.1, 0.15) is 5.75 Å². The molecule has 0 radical (unpaired) electrons. The Morgan fingerprint density at radius 2 is 1.83 bits per heavy atom. The van der Waals surface area contributed by atoms with E-state index in [0.29, 0.717) is 6.10 Å². The highest BCUT2D eigenvalue weighted by Gasteiger charge is 2.26. The molecule has 1 fully saturated rings. The van der Waals surface area contributed by atoms with E-state index in [2.05, 4.69) is 0 Å². The van der Waals surface area contributed by atoms with Crippen LogP contribution in [-0.4, -0.2) is 19.2 Å². The first-order chi connectivity index (χ1) is 8.61. The molecule has 18 heavy (non-hydrogen) atoms. The van der Waals surface area contributed by atoms with Gasteiger partial charge in [-0.1, -0.05) is 26.0 Å². The number of carbonyl (C=O) groups is 1. The summed E-state index contributed by atoms with van der Waals surface area (Å²) >= 11 is 0. The average molecular weight is 248 g/mol. The van der Waals surface area contributed by atoms with Crippen molar-refractivity contribution in [2.75, 3.05) is 7.11 Å². The van der Waals surface area contributed by atoms with Gasteiger partial charge in [0.25, 0.3) is 0 Å². The lowest BCUT2D eigenvalue weighted by Gasteiger charge is -2.19. The number of benzene rings is 1. The summed E-state index contributed by atoms with van der Waals surface area (Å²) in [5.74, 6) is 0.715. The normalized spacial score (nSPS) is 16.4. The van der Waals surface area contributed by atoms with Crippen molar-refractivity contribution in [2.24, 2.45) is 5.92 Å².